The molecule has 0 aromatic carbocycles. The summed E-state index contributed by atoms with van der Waals surface area (Å²) in [6.07, 6.45) is 0. The summed E-state index contributed by atoms with van der Waals surface area (Å²) in [6, 6.07) is 0. The second-order valence-corrected chi connectivity index (χ2v) is 0. The number of nitrogens with zero attached hydrogens (tertiary/aromatic N) is 3. The summed E-state index contributed by atoms with van der Waals surface area (Å²) in [5.41, 5.74) is 0. The van der Waals surface area contributed by atoms with Crippen LogP contribution in [0.2, 0.25) is 0 Å². The molecule has 0 saturated heterocycles. The fourth-order valence-electron chi connectivity index (χ4n) is 0. The third kappa shape index (κ3) is 19.6. The summed E-state index contributed by atoms with van der Waals surface area (Å²) in [4.78, 5) is 0. The normalized spacial score (nSPS) is 0. The van der Waals surface area contributed by atoms with Gasteiger partial charge in [0.2, 0.25) is 0 Å². The Kier molecular flexibility index (Phi) is 3280. The largest absolute Gasteiger partial charge is 6.00 e. The van der Waals surface area contributed by atoms with Crippen molar-refractivity contribution in [3.8, 4) is 0 Å². The Morgan fingerprint density at radius 2 is 0.750 bits per heavy atom. The minimum atomic E-state index is 0. The van der Waals surface area contributed by atoms with Crippen LogP contribution in [0.15, 0.2) is 0 Å². The van der Waals surface area contributed by atoms with Crippen molar-refractivity contribution in [3.05, 3.63) is 12.3 Å². The van der Waals surface area contributed by atoms with Gasteiger partial charge in [0.1, 0.15) is 0 Å². The summed E-state index contributed by atoms with van der Waals surface area (Å²) >= 11 is 0. The maximum absolute atomic E-state index is 0. The summed E-state index contributed by atoms with van der Waals surface area (Å²) < 4.78 is 0. The van der Waals surface area contributed by atoms with E-state index in [1.165, 1.54) is 0 Å². The second kappa shape index (κ2) is 72.9. The van der Waals surface area contributed by atoms with E-state index in [0.29, 0.717) is 0 Å². The van der Waals surface area contributed by atoms with Gasteiger partial charge >= 0.3 is 21.1 Å². The predicted molar refractivity (Wildman–Crippen MR) is 8.85 cm³/mol. The predicted octanol–water partition coefficient (Wildman–Crippen LogP) is 0.0943. The Hall–Kier alpha value is 0.568. The Bertz CT molecular complexity index is 3.25. The van der Waals surface area contributed by atoms with Gasteiger partial charge in [0.05, 0.1) is 0 Å². The fraction of sp³-hybridized carbons (Fsp3) is 0. The third-order valence-electron chi connectivity index (χ3n) is 0. The molecule has 0 aromatic rings. The van der Waals surface area contributed by atoms with Crippen LogP contribution >= 0.6 is 0 Å². The molecule has 0 atom stereocenters. The maximum atomic E-state index is 0. The monoisotopic (exact) mass is 140 g/mol. The van der Waals surface area contributed by atoms with E-state index in [2.05, 4.69) is 0 Å². The molecular weight excluding hydrogens is 138 g/mol. The zero-order valence-electron chi connectivity index (χ0n) is 1.75. The van der Waals surface area contributed by atoms with E-state index in [-0.39, 0.29) is 39.5 Å². The number of rotatable bonds is 0. The van der Waals surface area contributed by atoms with Crippen molar-refractivity contribution in [2.45, 2.75) is 0 Å². The molecule has 0 N–H and O–H groups in total. The molecule has 0 amide bonds. The van der Waals surface area contributed by atoms with Gasteiger partial charge in [-0.3, -0.25) is 0 Å². The fourth-order valence-corrected chi connectivity index (χ4v) is 0. The van der Waals surface area contributed by atoms with Gasteiger partial charge in [-0.15, -0.1) is 0 Å². The molecule has 4 heteroatoms. The zero-order chi connectivity index (χ0) is 0. The van der Waals surface area contributed by atoms with Crippen LogP contribution in [0.4, 0.5) is 0 Å². The number of hydrogen-bond donors (Lipinski definition) is 0. The third-order valence-corrected chi connectivity index (χ3v) is 0. The van der Waals surface area contributed by atoms with E-state index in [4.69, 9.17) is 0 Å². The Morgan fingerprint density at radius 3 is 0.750 bits per heavy atom. The smallest absolute Gasteiger partial charge is 3.00 e. The van der Waals surface area contributed by atoms with Gasteiger partial charge in [0, 0.05) is 6.15 Å². The molecule has 0 heterocycles. The van der Waals surface area contributed by atoms with E-state index < -0.39 is 0 Å². The number of hydrogen-bond acceptors (Lipinski definition) is 0. The van der Waals surface area contributed by atoms with E-state index >= 15 is 0 Å². The average Bonchev–Trinajstić information content (AvgIpc) is 0. The van der Waals surface area contributed by atoms with E-state index in [0.717, 1.165) is 0 Å². The van der Waals surface area contributed by atoms with Crippen LogP contribution in [-0.4, -0.2) is 0 Å². The van der Waals surface area contributed by atoms with Crippen molar-refractivity contribution >= 4 is 0 Å². The van der Waals surface area contributed by atoms with Gasteiger partial charge in [-0.2, -0.15) is 0 Å². The molecule has 0 aliphatic rings. The molecule has 0 fully saturated rings. The molecule has 0 spiro atoms. The van der Waals surface area contributed by atoms with Crippen molar-refractivity contribution in [1.82, 2.24) is 6.15 Å². The first-order chi connectivity index (χ1) is 0. The van der Waals surface area contributed by atoms with Gasteiger partial charge in [0.25, 0.3) is 0 Å². The van der Waals surface area contributed by atoms with Gasteiger partial charge in [-0.1, -0.05) is 0 Å². The molecule has 3 radical (unpaired) electrons. The first kappa shape index (κ1) is 180. The van der Waals surface area contributed by atoms with Gasteiger partial charge < -0.3 is 12.3 Å². The van der Waals surface area contributed by atoms with Crippen molar-refractivity contribution in [1.29, 1.82) is 0 Å². The first-order valence-corrected chi connectivity index (χ1v) is 0. The summed E-state index contributed by atoms with van der Waals surface area (Å²) in [6.45, 7) is 0. The quantitative estimate of drug-likeness (QED) is 0.424. The van der Waals surface area contributed by atoms with Crippen LogP contribution < -0.4 is 6.15 Å². The minimum absolute atomic E-state index is 0. The van der Waals surface area contributed by atoms with Crippen molar-refractivity contribution < 1.29 is 21.1 Å². The standard InChI is InChI=1S/Mo.3N/q+6;;2*-3. The molecule has 21 valence electrons. The van der Waals surface area contributed by atoms with Crippen LogP contribution in [0.3, 0.4) is 0 Å². The Morgan fingerprint density at radius 1 is 0.750 bits per heavy atom. The van der Waals surface area contributed by atoms with Crippen molar-refractivity contribution in [2.75, 3.05) is 0 Å². The maximum Gasteiger partial charge on any atom is 6.00 e. The molecule has 0 aliphatic carbocycles. The molecule has 0 saturated carbocycles. The summed E-state index contributed by atoms with van der Waals surface area (Å²) in [7, 11) is 0. The summed E-state index contributed by atoms with van der Waals surface area (Å²) in [5, 5.41) is 0. The molecular formula is MoN3. The Balaban J connectivity index is 0. The molecule has 0 aliphatic heterocycles. The van der Waals surface area contributed by atoms with Gasteiger partial charge in [-0.05, 0) is 0 Å². The molecule has 4 heavy (non-hydrogen) atoms. The summed E-state index contributed by atoms with van der Waals surface area (Å²) in [5.74, 6) is 0. The molecule has 0 aromatic heterocycles. The molecule has 3 nitrogen and oxygen atoms in total. The van der Waals surface area contributed by atoms with Crippen molar-refractivity contribution in [3.63, 3.8) is 0 Å². The van der Waals surface area contributed by atoms with Gasteiger partial charge in [-0.25, -0.2) is 0 Å². The average molecular weight is 138 g/mol. The zero-order valence-corrected chi connectivity index (χ0v) is 3.76. The van der Waals surface area contributed by atoms with Crippen LogP contribution in [0.25, 0.3) is 12.3 Å². The van der Waals surface area contributed by atoms with Crippen LogP contribution in [0.5, 0.6) is 0 Å². The van der Waals surface area contributed by atoms with Crippen LogP contribution in [-0.2, 0) is 21.1 Å². The van der Waals surface area contributed by atoms with E-state index in [1.54, 1.807) is 0 Å². The van der Waals surface area contributed by atoms with E-state index in [9.17, 15) is 0 Å². The second-order valence-electron chi connectivity index (χ2n) is 0. The molecule has 0 unspecified atom stereocenters. The molecule has 0 rings (SSSR count). The first-order valence-electron chi connectivity index (χ1n) is 0. The van der Waals surface area contributed by atoms with Crippen LogP contribution in [0, 0.1) is 0 Å². The van der Waals surface area contributed by atoms with E-state index in [1.807, 2.05) is 0 Å². The van der Waals surface area contributed by atoms with Gasteiger partial charge in [0.15, 0.2) is 0 Å². The minimum Gasteiger partial charge on any atom is -3.00 e. The Labute approximate surface area is 40.2 Å². The molecule has 0 bridgehead atoms. The topological polar surface area (TPSA) is 91.5 Å². The SMILES string of the molecule is [Mo+6].[N-3].[N-3].[N]. The van der Waals surface area contributed by atoms with Crippen molar-refractivity contribution in [2.24, 2.45) is 0 Å². The van der Waals surface area contributed by atoms with Crippen LogP contribution in [0.1, 0.15) is 0 Å².